The van der Waals surface area contributed by atoms with Gasteiger partial charge in [-0.2, -0.15) is 0 Å². The molecule has 1 aromatic rings. The summed E-state index contributed by atoms with van der Waals surface area (Å²) in [6, 6.07) is 9.18. The fraction of sp³-hybridized carbons (Fsp3) is 0.417. The quantitative estimate of drug-likeness (QED) is 0.555. The number of rotatable bonds is 7. The molecule has 0 saturated heterocycles. The first kappa shape index (κ1) is 12.8. The first-order valence-electron chi connectivity index (χ1n) is 5.12. The second kappa shape index (κ2) is 7.11. The van der Waals surface area contributed by atoms with Crippen molar-refractivity contribution in [2.24, 2.45) is 0 Å². The molecule has 16 heavy (non-hydrogen) atoms. The first-order chi connectivity index (χ1) is 7.77. The van der Waals surface area contributed by atoms with Crippen molar-refractivity contribution in [3.8, 4) is 0 Å². The lowest BCUT2D eigenvalue weighted by Crippen LogP contribution is -2.33. The van der Waals surface area contributed by atoms with Gasteiger partial charge in [0.15, 0.2) is 12.1 Å². The van der Waals surface area contributed by atoms with E-state index in [1.807, 2.05) is 18.2 Å². The van der Waals surface area contributed by atoms with Crippen LogP contribution in [0.3, 0.4) is 0 Å². The van der Waals surface area contributed by atoms with Gasteiger partial charge < -0.3 is 14.8 Å². The molecule has 0 aromatic heterocycles. The highest BCUT2D eigenvalue weighted by molar-refractivity contribution is 5.97. The van der Waals surface area contributed by atoms with Crippen molar-refractivity contribution >= 4 is 5.78 Å². The van der Waals surface area contributed by atoms with Gasteiger partial charge in [-0.25, -0.2) is 0 Å². The number of ether oxygens (including phenoxy) is 2. The highest BCUT2D eigenvalue weighted by Gasteiger charge is 2.07. The number of ketones is 1. The third-order valence-electron chi connectivity index (χ3n) is 2.22. The maximum atomic E-state index is 11.7. The van der Waals surface area contributed by atoms with Gasteiger partial charge in [0.05, 0.1) is 6.54 Å². The van der Waals surface area contributed by atoms with Crippen LogP contribution in [0.5, 0.6) is 0 Å². The molecule has 4 nitrogen and oxygen atoms in total. The average Bonchev–Trinajstić information content (AvgIpc) is 2.35. The van der Waals surface area contributed by atoms with E-state index in [9.17, 15) is 4.79 Å². The first-order valence-corrected chi connectivity index (χ1v) is 5.12. The van der Waals surface area contributed by atoms with Gasteiger partial charge in [-0.15, -0.1) is 0 Å². The molecule has 0 heterocycles. The summed E-state index contributed by atoms with van der Waals surface area (Å²) < 4.78 is 9.98. The Balaban J connectivity index is 2.31. The topological polar surface area (TPSA) is 47.6 Å². The van der Waals surface area contributed by atoms with Gasteiger partial charge in [0.2, 0.25) is 0 Å². The van der Waals surface area contributed by atoms with E-state index in [0.717, 1.165) is 0 Å². The Hall–Kier alpha value is -1.23. The van der Waals surface area contributed by atoms with Crippen LogP contribution in [0.15, 0.2) is 30.3 Å². The molecule has 0 unspecified atom stereocenters. The summed E-state index contributed by atoms with van der Waals surface area (Å²) in [4.78, 5) is 11.7. The van der Waals surface area contributed by atoms with Crippen molar-refractivity contribution in [2.75, 3.05) is 27.3 Å². The summed E-state index contributed by atoms with van der Waals surface area (Å²) in [7, 11) is 3.13. The van der Waals surface area contributed by atoms with E-state index in [0.29, 0.717) is 12.1 Å². The van der Waals surface area contributed by atoms with Crippen LogP contribution in [-0.4, -0.2) is 39.4 Å². The minimum absolute atomic E-state index is 0.0616. The largest absolute Gasteiger partial charge is 0.355 e. The molecular formula is C12H17NO3. The maximum Gasteiger partial charge on any atom is 0.176 e. The smallest absolute Gasteiger partial charge is 0.176 e. The molecule has 88 valence electrons. The molecule has 1 N–H and O–H groups in total. The Labute approximate surface area is 95.6 Å². The van der Waals surface area contributed by atoms with Crippen LogP contribution in [0.2, 0.25) is 0 Å². The summed E-state index contributed by atoms with van der Waals surface area (Å²) in [6.45, 7) is 0.777. The molecule has 1 aromatic carbocycles. The van der Waals surface area contributed by atoms with Gasteiger partial charge in [0, 0.05) is 26.3 Å². The number of carbonyl (C=O) groups is 1. The highest BCUT2D eigenvalue weighted by Crippen LogP contribution is 1.98. The lowest BCUT2D eigenvalue weighted by Gasteiger charge is -2.13. The van der Waals surface area contributed by atoms with Gasteiger partial charge >= 0.3 is 0 Å². The molecule has 4 heteroatoms. The van der Waals surface area contributed by atoms with Crippen LogP contribution in [-0.2, 0) is 9.47 Å². The normalized spacial score (nSPS) is 10.7. The van der Waals surface area contributed by atoms with Gasteiger partial charge in [-0.1, -0.05) is 30.3 Å². The van der Waals surface area contributed by atoms with E-state index >= 15 is 0 Å². The molecule has 0 fully saturated rings. The SMILES string of the molecule is COC(CNCC(=O)c1ccccc1)OC. The predicted molar refractivity (Wildman–Crippen MR) is 61.4 cm³/mol. The zero-order valence-electron chi connectivity index (χ0n) is 9.60. The Morgan fingerprint density at radius 2 is 1.88 bits per heavy atom. The maximum absolute atomic E-state index is 11.7. The third-order valence-corrected chi connectivity index (χ3v) is 2.22. The number of Topliss-reactive ketones (excluding diaryl/α,β-unsaturated/α-hetero) is 1. The van der Waals surface area contributed by atoms with E-state index in [1.165, 1.54) is 0 Å². The molecule has 0 radical (unpaired) electrons. The summed E-state index contributed by atoms with van der Waals surface area (Å²) in [6.07, 6.45) is -0.316. The Bertz CT molecular complexity index is 309. The molecule has 1 rings (SSSR count). The van der Waals surface area contributed by atoms with Crippen LogP contribution >= 0.6 is 0 Å². The van der Waals surface area contributed by atoms with Gasteiger partial charge in [-0.3, -0.25) is 4.79 Å². The number of nitrogens with one attached hydrogen (secondary N) is 1. The molecule has 0 aliphatic heterocycles. The zero-order valence-corrected chi connectivity index (χ0v) is 9.60. The van der Waals surface area contributed by atoms with E-state index < -0.39 is 0 Å². The molecule has 0 aliphatic carbocycles. The predicted octanol–water partition coefficient (Wildman–Crippen LogP) is 1.08. The minimum atomic E-state index is -0.316. The fourth-order valence-corrected chi connectivity index (χ4v) is 1.29. The van der Waals surface area contributed by atoms with Crippen molar-refractivity contribution < 1.29 is 14.3 Å². The van der Waals surface area contributed by atoms with Crippen molar-refractivity contribution in [1.29, 1.82) is 0 Å². The van der Waals surface area contributed by atoms with E-state index in [2.05, 4.69) is 5.32 Å². The molecular weight excluding hydrogens is 206 g/mol. The van der Waals surface area contributed by atoms with Crippen molar-refractivity contribution in [3.63, 3.8) is 0 Å². The second-order valence-electron chi connectivity index (χ2n) is 3.32. The number of benzene rings is 1. The van der Waals surface area contributed by atoms with Crippen molar-refractivity contribution in [2.45, 2.75) is 6.29 Å². The fourth-order valence-electron chi connectivity index (χ4n) is 1.29. The standard InChI is InChI=1S/C12H17NO3/c1-15-12(16-2)9-13-8-11(14)10-6-4-3-5-7-10/h3-7,12-13H,8-9H2,1-2H3. The van der Waals surface area contributed by atoms with Gasteiger partial charge in [-0.05, 0) is 0 Å². The molecule has 0 aliphatic rings. The monoisotopic (exact) mass is 223 g/mol. The number of hydrogen-bond acceptors (Lipinski definition) is 4. The zero-order chi connectivity index (χ0) is 11.8. The highest BCUT2D eigenvalue weighted by atomic mass is 16.7. The molecule has 0 atom stereocenters. The Morgan fingerprint density at radius 1 is 1.25 bits per heavy atom. The van der Waals surface area contributed by atoms with E-state index in [1.54, 1.807) is 26.4 Å². The van der Waals surface area contributed by atoms with Crippen LogP contribution in [0, 0.1) is 0 Å². The van der Waals surface area contributed by atoms with Crippen molar-refractivity contribution in [3.05, 3.63) is 35.9 Å². The molecule has 0 amide bonds. The lowest BCUT2D eigenvalue weighted by molar-refractivity contribution is -0.0983. The van der Waals surface area contributed by atoms with Crippen LogP contribution in [0.4, 0.5) is 0 Å². The summed E-state index contributed by atoms with van der Waals surface area (Å²) in [5.74, 6) is 0.0616. The number of methoxy groups -OCH3 is 2. The van der Waals surface area contributed by atoms with Crippen LogP contribution < -0.4 is 5.32 Å². The van der Waals surface area contributed by atoms with Crippen LogP contribution in [0.1, 0.15) is 10.4 Å². The average molecular weight is 223 g/mol. The van der Waals surface area contributed by atoms with E-state index in [4.69, 9.17) is 9.47 Å². The summed E-state index contributed by atoms with van der Waals surface area (Å²) >= 11 is 0. The Morgan fingerprint density at radius 3 is 2.44 bits per heavy atom. The number of carbonyl (C=O) groups excluding carboxylic acids is 1. The summed E-state index contributed by atoms with van der Waals surface area (Å²) in [5.41, 5.74) is 0.710. The molecule has 0 bridgehead atoms. The summed E-state index contributed by atoms with van der Waals surface area (Å²) in [5, 5.41) is 2.99. The lowest BCUT2D eigenvalue weighted by atomic mass is 10.1. The van der Waals surface area contributed by atoms with Crippen LogP contribution in [0.25, 0.3) is 0 Å². The number of hydrogen-bond donors (Lipinski definition) is 1. The molecule has 0 saturated carbocycles. The second-order valence-corrected chi connectivity index (χ2v) is 3.32. The van der Waals surface area contributed by atoms with Gasteiger partial charge in [0.1, 0.15) is 0 Å². The van der Waals surface area contributed by atoms with Crippen molar-refractivity contribution in [1.82, 2.24) is 5.32 Å². The van der Waals surface area contributed by atoms with Gasteiger partial charge in [0.25, 0.3) is 0 Å². The third kappa shape index (κ3) is 4.10. The molecule has 0 spiro atoms. The van der Waals surface area contributed by atoms with E-state index in [-0.39, 0.29) is 18.6 Å². The minimum Gasteiger partial charge on any atom is -0.355 e. The Kier molecular flexibility index (Phi) is 5.71.